The number of nitrogens with one attached hydrogen (secondary N) is 1. The van der Waals surface area contributed by atoms with Crippen LogP contribution in [0.1, 0.15) is 57.5 Å². The number of oxime groups is 1. The van der Waals surface area contributed by atoms with Gasteiger partial charge in [-0.1, -0.05) is 168 Å². The van der Waals surface area contributed by atoms with Gasteiger partial charge in [-0.2, -0.15) is 0 Å². The Labute approximate surface area is 391 Å². The van der Waals surface area contributed by atoms with Crippen molar-refractivity contribution in [3.05, 3.63) is 200 Å². The highest BCUT2D eigenvalue weighted by atomic mass is 32.2. The van der Waals surface area contributed by atoms with Crippen LogP contribution in [0.15, 0.2) is 167 Å². The van der Waals surface area contributed by atoms with E-state index in [1.807, 2.05) is 115 Å². The molecule has 14 heteroatoms. The summed E-state index contributed by atoms with van der Waals surface area (Å²) in [6.45, 7) is 2.99. The fourth-order valence-corrected chi connectivity index (χ4v) is 12.6. The minimum Gasteiger partial charge on any atom is -0.448 e. The maximum Gasteiger partial charge on any atom is 0.357 e. The van der Waals surface area contributed by atoms with Crippen molar-refractivity contribution in [3.63, 3.8) is 0 Å². The van der Waals surface area contributed by atoms with Gasteiger partial charge in [0.05, 0.1) is 15.7 Å². The number of carbonyl (C=O) groups is 3. The monoisotopic (exact) mass is 920 g/mol. The second-order valence-electron chi connectivity index (χ2n) is 15.9. The third-order valence-electron chi connectivity index (χ3n) is 12.0. The molecule has 0 aliphatic carbocycles. The molecule has 330 valence electrons. The van der Waals surface area contributed by atoms with E-state index in [1.54, 1.807) is 11.8 Å². The Morgan fingerprint density at radius 1 is 0.831 bits per heavy atom. The number of likely N-dealkylation sites (tertiary alicyclic amines) is 1. The first-order chi connectivity index (χ1) is 31.9. The zero-order chi connectivity index (χ0) is 44.8. The molecular weight excluding hydrogens is 873 g/mol. The summed E-state index contributed by atoms with van der Waals surface area (Å²) >= 11 is 4.34. The summed E-state index contributed by atoms with van der Waals surface area (Å²) in [5, 5.41) is 7.97. The molecule has 2 unspecified atom stereocenters. The summed E-state index contributed by atoms with van der Waals surface area (Å²) < 4.78 is 7.11. The van der Waals surface area contributed by atoms with Gasteiger partial charge >= 0.3 is 5.97 Å². The number of fused-ring (bicyclic) bond motifs is 1. The van der Waals surface area contributed by atoms with Crippen LogP contribution in [0.25, 0.3) is 0 Å². The highest BCUT2D eigenvalue weighted by Crippen LogP contribution is 2.48. The zero-order valence-electron chi connectivity index (χ0n) is 35.7. The first-order valence-corrected chi connectivity index (χ1v) is 24.4. The number of thioether (sulfide) groups is 2. The smallest absolute Gasteiger partial charge is 0.357 e. The lowest BCUT2D eigenvalue weighted by molar-refractivity contribution is -0.156. The van der Waals surface area contributed by atoms with E-state index >= 15 is 0 Å². The van der Waals surface area contributed by atoms with Gasteiger partial charge in [-0.3, -0.25) is 14.5 Å². The molecule has 0 saturated carbocycles. The lowest BCUT2D eigenvalue weighted by Gasteiger charge is -2.50. The number of carbonyl (C=O) groups excluding carboxylic acids is 3. The molecule has 5 aromatic carbocycles. The predicted octanol–water partition coefficient (Wildman–Crippen LogP) is 8.23. The Kier molecular flexibility index (Phi) is 13.5. The number of nitrogens with two attached hydrogens (primary N) is 1. The predicted molar refractivity (Wildman–Crippen MR) is 259 cm³/mol. The number of hydrogen-bond donors (Lipinski definition) is 2. The normalized spacial score (nSPS) is 17.7. The number of thiazole rings is 1. The topological polar surface area (TPSA) is 139 Å². The quantitative estimate of drug-likeness (QED) is 0.0321. The fraction of sp³-hybridized carbons (Fsp3) is 0.235. The molecule has 2 atom stereocenters. The average Bonchev–Trinajstić information content (AvgIpc) is 4.03. The Hall–Kier alpha value is -6.19. The number of benzene rings is 5. The summed E-state index contributed by atoms with van der Waals surface area (Å²) in [5.74, 6) is -0.515. The Morgan fingerprint density at radius 2 is 1.35 bits per heavy atom. The second kappa shape index (κ2) is 19.9. The van der Waals surface area contributed by atoms with Gasteiger partial charge in [0.15, 0.2) is 17.5 Å². The number of ether oxygens (including phenoxy) is 1. The Balaban J connectivity index is 1.02. The van der Waals surface area contributed by atoms with Crippen LogP contribution in [0, 0.1) is 0 Å². The SMILES string of the molecule is CON=C(C(=O)NC1C(=O)N2C(C(=O)OC(c3ccccc3)c3ccccc3)=C(SCCN3CCCC3)SCC12)c1nc(C(c2ccccc2)(c2ccccc2)c2ccccc2)sc1N. The van der Waals surface area contributed by atoms with Crippen molar-refractivity contribution in [1.29, 1.82) is 0 Å². The number of anilines is 1. The van der Waals surface area contributed by atoms with Crippen molar-refractivity contribution in [2.24, 2.45) is 5.16 Å². The molecule has 2 fully saturated rings. The lowest BCUT2D eigenvalue weighted by Crippen LogP contribution is -2.73. The van der Waals surface area contributed by atoms with Crippen LogP contribution in [0.3, 0.4) is 0 Å². The maximum atomic E-state index is 14.6. The molecule has 0 spiro atoms. The maximum absolute atomic E-state index is 14.6. The van der Waals surface area contributed by atoms with Crippen LogP contribution < -0.4 is 11.1 Å². The van der Waals surface area contributed by atoms with Crippen LogP contribution >= 0.6 is 34.9 Å². The molecule has 3 aliphatic heterocycles. The van der Waals surface area contributed by atoms with Gasteiger partial charge in [0, 0.05) is 18.1 Å². The van der Waals surface area contributed by atoms with Gasteiger partial charge in [0.25, 0.3) is 11.8 Å². The van der Waals surface area contributed by atoms with Gasteiger partial charge < -0.3 is 25.5 Å². The van der Waals surface area contributed by atoms with Crippen LogP contribution in [0.5, 0.6) is 0 Å². The molecule has 2 amide bonds. The molecule has 6 aromatic rings. The highest BCUT2D eigenvalue weighted by molar-refractivity contribution is 8.22. The number of aromatic nitrogens is 1. The summed E-state index contributed by atoms with van der Waals surface area (Å²) in [6, 6.07) is 47.8. The lowest BCUT2D eigenvalue weighted by atomic mass is 9.70. The van der Waals surface area contributed by atoms with E-state index < -0.39 is 41.4 Å². The molecule has 11 nitrogen and oxygen atoms in total. The van der Waals surface area contributed by atoms with E-state index in [-0.39, 0.29) is 22.1 Å². The molecule has 0 bridgehead atoms. The van der Waals surface area contributed by atoms with Crippen molar-refractivity contribution in [3.8, 4) is 0 Å². The second-order valence-corrected chi connectivity index (χ2v) is 19.3. The first kappa shape index (κ1) is 44.0. The summed E-state index contributed by atoms with van der Waals surface area (Å²) in [5.41, 5.74) is 10.5. The number of rotatable bonds is 16. The van der Waals surface area contributed by atoms with Gasteiger partial charge in [0.1, 0.15) is 28.9 Å². The molecule has 3 N–H and O–H groups in total. The minimum atomic E-state index is -0.966. The number of nitrogens with zero attached hydrogens (tertiary/aromatic N) is 4. The van der Waals surface area contributed by atoms with Crippen LogP contribution in [0.2, 0.25) is 0 Å². The van der Waals surface area contributed by atoms with E-state index in [9.17, 15) is 14.4 Å². The van der Waals surface area contributed by atoms with Gasteiger partial charge in [-0.25, -0.2) is 9.78 Å². The molecule has 3 aliphatic rings. The molecule has 2 saturated heterocycles. The summed E-state index contributed by atoms with van der Waals surface area (Å²) in [6.07, 6.45) is 1.65. The van der Waals surface area contributed by atoms with Gasteiger partial charge in [-0.05, 0) is 53.7 Å². The van der Waals surface area contributed by atoms with Crippen molar-refractivity contribution in [2.45, 2.75) is 36.4 Å². The molecular formula is C51H48N6O5S3. The van der Waals surface area contributed by atoms with E-state index in [4.69, 9.17) is 20.3 Å². The molecule has 4 heterocycles. The van der Waals surface area contributed by atoms with E-state index in [0.717, 1.165) is 57.4 Å². The Morgan fingerprint density at radius 3 is 1.88 bits per heavy atom. The standard InChI is InChI=1S/C51H48N6O5S3/c1-61-55-42(41-45(52)65-50(54-41)51(36-23-11-4-12-24-36,37-25-13-5-14-26-37)38-27-15-6-16-28-38)46(58)53-40-39-33-64-49(63-32-31-56-29-17-18-30-56)43(57(39)47(40)59)48(60)62-44(34-19-7-2-8-20-34)35-21-9-3-10-22-35/h2-16,19-28,39-40,44H,17-18,29-33,52H2,1H3,(H,53,58). The molecule has 1 aromatic heterocycles. The van der Waals surface area contributed by atoms with Crippen LogP contribution in [-0.2, 0) is 29.4 Å². The van der Waals surface area contributed by atoms with Crippen molar-refractivity contribution in [1.82, 2.24) is 20.1 Å². The largest absolute Gasteiger partial charge is 0.448 e. The molecule has 0 radical (unpaired) electrons. The van der Waals surface area contributed by atoms with Crippen molar-refractivity contribution < 1.29 is 24.0 Å². The summed E-state index contributed by atoms with van der Waals surface area (Å²) in [4.78, 5) is 57.8. The van der Waals surface area contributed by atoms with E-state index in [1.165, 1.54) is 48.0 Å². The zero-order valence-corrected chi connectivity index (χ0v) is 38.2. The van der Waals surface area contributed by atoms with Crippen LogP contribution in [-0.4, -0.2) is 88.6 Å². The van der Waals surface area contributed by atoms with Crippen LogP contribution in [0.4, 0.5) is 5.00 Å². The number of nitrogen functional groups attached to an aromatic ring is 1. The first-order valence-electron chi connectivity index (χ1n) is 21.6. The van der Waals surface area contributed by atoms with Crippen molar-refractivity contribution in [2.75, 3.05) is 44.0 Å². The van der Waals surface area contributed by atoms with Gasteiger partial charge in [-0.15, -0.1) is 23.5 Å². The highest BCUT2D eigenvalue weighted by Gasteiger charge is 2.55. The number of β-lactam (4-membered cyclic amide) rings is 1. The van der Waals surface area contributed by atoms with E-state index in [0.29, 0.717) is 10.8 Å². The molecule has 65 heavy (non-hydrogen) atoms. The fourth-order valence-electron chi connectivity index (χ4n) is 8.88. The average molecular weight is 921 g/mol. The summed E-state index contributed by atoms with van der Waals surface area (Å²) in [7, 11) is 1.34. The third-order valence-corrected chi connectivity index (χ3v) is 15.5. The third kappa shape index (κ3) is 8.83. The van der Waals surface area contributed by atoms with Crippen molar-refractivity contribution >= 4 is 63.4 Å². The number of amides is 2. The number of hydrogen-bond acceptors (Lipinski definition) is 12. The molecule has 9 rings (SSSR count). The Bertz CT molecular complexity index is 2540. The van der Waals surface area contributed by atoms with Gasteiger partial charge in [0.2, 0.25) is 0 Å². The minimum absolute atomic E-state index is 0.131. The number of esters is 1. The van der Waals surface area contributed by atoms with E-state index in [2.05, 4.69) is 51.8 Å².